The Morgan fingerprint density at radius 1 is 1.06 bits per heavy atom. The van der Waals surface area contributed by atoms with Gasteiger partial charge in [-0.15, -0.1) is 0 Å². The summed E-state index contributed by atoms with van der Waals surface area (Å²) in [6, 6.07) is 19.6. The summed E-state index contributed by atoms with van der Waals surface area (Å²) in [6.45, 7) is 1.94. The van der Waals surface area contributed by atoms with Crippen molar-refractivity contribution >= 4 is 32.8 Å². The number of nitro groups is 1. The van der Waals surface area contributed by atoms with Gasteiger partial charge in [0, 0.05) is 23.9 Å². The van der Waals surface area contributed by atoms with Crippen molar-refractivity contribution in [3.8, 4) is 5.75 Å². The number of nitro benzene ring substituents is 1. The van der Waals surface area contributed by atoms with E-state index in [2.05, 4.69) is 15.2 Å². The van der Waals surface area contributed by atoms with Crippen molar-refractivity contribution in [3.63, 3.8) is 0 Å². The molecule has 0 aliphatic heterocycles. The standard InChI is InChI=1S/C23H24N4O5S/c1-3-18(15-17-7-5-4-6-8-17)24-25-22-14-13-21(16-23(22)27(28)29)33(30,31)26-19-9-11-20(32-2)12-10-19/h4-14,16,25-26H,3,15H2,1-2H3. The predicted octanol–water partition coefficient (Wildman–Crippen LogP) is 4.82. The molecular formula is C23H24N4O5S. The highest BCUT2D eigenvalue weighted by atomic mass is 32.2. The fourth-order valence-corrected chi connectivity index (χ4v) is 4.09. The molecule has 3 aromatic rings. The number of nitrogens with one attached hydrogen (secondary N) is 2. The Bertz CT molecular complexity index is 1240. The molecular weight excluding hydrogens is 444 g/mol. The summed E-state index contributed by atoms with van der Waals surface area (Å²) >= 11 is 0. The second-order valence-corrected chi connectivity index (χ2v) is 8.76. The molecule has 0 amide bonds. The van der Waals surface area contributed by atoms with Gasteiger partial charge in [0.25, 0.3) is 15.7 Å². The lowest BCUT2D eigenvalue weighted by molar-refractivity contribution is -0.384. The normalized spacial score (nSPS) is 11.6. The minimum Gasteiger partial charge on any atom is -0.497 e. The molecule has 0 fully saturated rings. The van der Waals surface area contributed by atoms with Crippen LogP contribution in [0.2, 0.25) is 0 Å². The van der Waals surface area contributed by atoms with Gasteiger partial charge in [0.1, 0.15) is 11.4 Å². The van der Waals surface area contributed by atoms with Gasteiger partial charge in [-0.3, -0.25) is 20.3 Å². The van der Waals surface area contributed by atoms with Gasteiger partial charge in [-0.2, -0.15) is 5.10 Å². The second kappa shape index (κ2) is 10.6. The van der Waals surface area contributed by atoms with E-state index in [0.29, 0.717) is 24.3 Å². The predicted molar refractivity (Wildman–Crippen MR) is 128 cm³/mol. The molecule has 0 saturated carbocycles. The third-order valence-corrected chi connectivity index (χ3v) is 6.19. The first kappa shape index (κ1) is 23.7. The molecule has 0 aromatic heterocycles. The molecule has 10 heteroatoms. The molecule has 0 saturated heterocycles. The molecule has 33 heavy (non-hydrogen) atoms. The Hall–Kier alpha value is -3.92. The zero-order chi connectivity index (χ0) is 23.8. The first-order valence-electron chi connectivity index (χ1n) is 10.1. The van der Waals surface area contributed by atoms with Crippen LogP contribution in [0.3, 0.4) is 0 Å². The Labute approximate surface area is 192 Å². The fourth-order valence-electron chi connectivity index (χ4n) is 3.01. The number of anilines is 2. The van der Waals surface area contributed by atoms with Crippen LogP contribution in [0, 0.1) is 10.1 Å². The van der Waals surface area contributed by atoms with E-state index in [9.17, 15) is 18.5 Å². The molecule has 2 N–H and O–H groups in total. The van der Waals surface area contributed by atoms with Gasteiger partial charge in [0.05, 0.1) is 16.9 Å². The van der Waals surface area contributed by atoms with Crippen LogP contribution in [0.25, 0.3) is 0 Å². The van der Waals surface area contributed by atoms with Crippen LogP contribution < -0.4 is 14.9 Å². The van der Waals surface area contributed by atoms with Crippen molar-refractivity contribution in [1.82, 2.24) is 0 Å². The number of benzene rings is 3. The molecule has 0 aliphatic rings. The Balaban J connectivity index is 1.82. The van der Waals surface area contributed by atoms with Crippen molar-refractivity contribution in [2.75, 3.05) is 17.3 Å². The second-order valence-electron chi connectivity index (χ2n) is 7.08. The maximum absolute atomic E-state index is 12.7. The maximum atomic E-state index is 12.7. The fraction of sp³-hybridized carbons (Fsp3) is 0.174. The number of sulfonamides is 1. The molecule has 0 aliphatic carbocycles. The summed E-state index contributed by atoms with van der Waals surface area (Å²) in [5, 5.41) is 15.9. The number of ether oxygens (including phenoxy) is 1. The molecule has 9 nitrogen and oxygen atoms in total. The van der Waals surface area contributed by atoms with Crippen LogP contribution in [0.5, 0.6) is 5.75 Å². The largest absolute Gasteiger partial charge is 0.497 e. The van der Waals surface area contributed by atoms with Crippen molar-refractivity contribution in [2.24, 2.45) is 5.10 Å². The first-order chi connectivity index (χ1) is 15.8. The van der Waals surface area contributed by atoms with Gasteiger partial charge < -0.3 is 4.74 Å². The summed E-state index contributed by atoms with van der Waals surface area (Å²) in [4.78, 5) is 10.7. The van der Waals surface area contributed by atoms with Gasteiger partial charge in [0.2, 0.25) is 0 Å². The van der Waals surface area contributed by atoms with Crippen LogP contribution >= 0.6 is 0 Å². The lowest BCUT2D eigenvalue weighted by Gasteiger charge is -2.10. The van der Waals surface area contributed by atoms with Crippen molar-refractivity contribution in [2.45, 2.75) is 24.7 Å². The van der Waals surface area contributed by atoms with Crippen LogP contribution in [-0.2, 0) is 16.4 Å². The van der Waals surface area contributed by atoms with Crippen molar-refractivity contribution in [3.05, 3.63) is 88.5 Å². The minimum absolute atomic E-state index is 0.0995. The molecule has 0 atom stereocenters. The lowest BCUT2D eigenvalue weighted by atomic mass is 10.1. The lowest BCUT2D eigenvalue weighted by Crippen LogP contribution is -2.13. The Morgan fingerprint density at radius 2 is 1.76 bits per heavy atom. The van der Waals surface area contributed by atoms with E-state index >= 15 is 0 Å². The number of nitrogens with zero attached hydrogens (tertiary/aromatic N) is 2. The average Bonchev–Trinajstić information content (AvgIpc) is 2.82. The van der Waals surface area contributed by atoms with E-state index < -0.39 is 20.6 Å². The third-order valence-electron chi connectivity index (χ3n) is 4.81. The van der Waals surface area contributed by atoms with Gasteiger partial charge in [-0.25, -0.2) is 8.42 Å². The quantitative estimate of drug-likeness (QED) is 0.250. The zero-order valence-corrected chi connectivity index (χ0v) is 19.0. The summed E-state index contributed by atoms with van der Waals surface area (Å²) < 4.78 is 32.9. The van der Waals surface area contributed by atoms with Crippen LogP contribution in [0.15, 0.2) is 82.8 Å². The summed E-state index contributed by atoms with van der Waals surface area (Å²) in [7, 11) is -2.54. The Kier molecular flexibility index (Phi) is 7.62. The monoisotopic (exact) mass is 468 g/mol. The smallest absolute Gasteiger partial charge is 0.295 e. The third kappa shape index (κ3) is 6.30. The summed E-state index contributed by atoms with van der Waals surface area (Å²) in [6.07, 6.45) is 1.24. The number of rotatable bonds is 10. The number of hydrogen-bond acceptors (Lipinski definition) is 7. The Morgan fingerprint density at radius 3 is 2.36 bits per heavy atom. The highest BCUT2D eigenvalue weighted by molar-refractivity contribution is 7.92. The van der Waals surface area contributed by atoms with Crippen molar-refractivity contribution in [1.29, 1.82) is 0 Å². The topological polar surface area (TPSA) is 123 Å². The average molecular weight is 469 g/mol. The van der Waals surface area contributed by atoms with E-state index in [1.807, 2.05) is 37.3 Å². The van der Waals surface area contributed by atoms with Crippen LogP contribution in [0.1, 0.15) is 18.9 Å². The molecule has 3 aromatic carbocycles. The van der Waals surface area contributed by atoms with Crippen molar-refractivity contribution < 1.29 is 18.1 Å². The van der Waals surface area contributed by atoms with Gasteiger partial charge in [-0.1, -0.05) is 37.3 Å². The zero-order valence-electron chi connectivity index (χ0n) is 18.2. The summed E-state index contributed by atoms with van der Waals surface area (Å²) in [5.74, 6) is 0.572. The number of methoxy groups -OCH3 is 1. The van der Waals surface area contributed by atoms with Gasteiger partial charge >= 0.3 is 0 Å². The van der Waals surface area contributed by atoms with E-state index in [1.54, 1.807) is 12.1 Å². The summed E-state index contributed by atoms with van der Waals surface area (Å²) in [5.41, 5.74) is 4.60. The molecule has 0 spiro atoms. The minimum atomic E-state index is -4.04. The molecule has 0 heterocycles. The molecule has 0 unspecified atom stereocenters. The molecule has 0 bridgehead atoms. The molecule has 3 rings (SSSR count). The highest BCUT2D eigenvalue weighted by Crippen LogP contribution is 2.29. The first-order valence-corrected chi connectivity index (χ1v) is 11.6. The SMILES string of the molecule is CCC(Cc1ccccc1)=NNc1ccc(S(=O)(=O)Nc2ccc(OC)cc2)cc1[N+](=O)[O-]. The van der Waals surface area contributed by atoms with E-state index in [1.165, 1.54) is 31.4 Å². The van der Waals surface area contributed by atoms with E-state index in [-0.39, 0.29) is 10.6 Å². The van der Waals surface area contributed by atoms with Crippen LogP contribution in [-0.4, -0.2) is 26.2 Å². The van der Waals surface area contributed by atoms with Crippen LogP contribution in [0.4, 0.5) is 17.1 Å². The maximum Gasteiger partial charge on any atom is 0.295 e. The van der Waals surface area contributed by atoms with Gasteiger partial charge in [0.15, 0.2) is 0 Å². The highest BCUT2D eigenvalue weighted by Gasteiger charge is 2.22. The van der Waals surface area contributed by atoms with E-state index in [4.69, 9.17) is 4.74 Å². The number of hydrogen-bond donors (Lipinski definition) is 2. The number of hydrazone groups is 1. The molecule has 0 radical (unpaired) electrons. The molecule has 172 valence electrons. The van der Waals surface area contributed by atoms with E-state index in [0.717, 1.165) is 17.3 Å². The van der Waals surface area contributed by atoms with Gasteiger partial charge in [-0.05, 0) is 48.4 Å².